The quantitative estimate of drug-likeness (QED) is 0.280. The molecule has 0 spiro atoms. The van der Waals surface area contributed by atoms with Crippen LogP contribution in [0.4, 0.5) is 5.69 Å². The highest BCUT2D eigenvalue weighted by atomic mass is 16.5. The van der Waals surface area contributed by atoms with Crippen LogP contribution in [0.2, 0.25) is 0 Å². The van der Waals surface area contributed by atoms with Crippen molar-refractivity contribution in [3.63, 3.8) is 0 Å². The van der Waals surface area contributed by atoms with Crippen molar-refractivity contribution in [2.45, 2.75) is 74.7 Å². The molecule has 0 unspecified atom stereocenters. The number of aromatic hydroxyl groups is 1. The van der Waals surface area contributed by atoms with E-state index in [1.165, 1.54) is 47.7 Å². The van der Waals surface area contributed by atoms with Crippen LogP contribution in [-0.4, -0.2) is 36.6 Å². The van der Waals surface area contributed by atoms with Crippen LogP contribution in [0.3, 0.4) is 0 Å². The lowest BCUT2D eigenvalue weighted by Gasteiger charge is -2.13. The van der Waals surface area contributed by atoms with E-state index in [1.807, 2.05) is 19.9 Å². The molecule has 0 saturated heterocycles. The van der Waals surface area contributed by atoms with Gasteiger partial charge in [0, 0.05) is 17.3 Å². The predicted molar refractivity (Wildman–Crippen MR) is 172 cm³/mol. The van der Waals surface area contributed by atoms with Gasteiger partial charge in [-0.3, -0.25) is 4.79 Å². The molecule has 0 saturated carbocycles. The van der Waals surface area contributed by atoms with E-state index in [2.05, 4.69) is 71.1 Å². The van der Waals surface area contributed by atoms with Crippen LogP contribution >= 0.6 is 0 Å². The van der Waals surface area contributed by atoms with Gasteiger partial charge in [-0.1, -0.05) is 51.8 Å². The SMILES string of the molecule is CC.CC/C(C)=C(/C)c1cc(Oc2ccc(C(=O)Nc3ccc(C)c(O)c3)cc2)ccc1C.CCCCN(C)C. The highest BCUT2D eigenvalue weighted by molar-refractivity contribution is 6.04. The largest absolute Gasteiger partial charge is 0.508 e. The molecule has 5 nitrogen and oxygen atoms in total. The first-order valence-electron chi connectivity index (χ1n) is 14.4. The van der Waals surface area contributed by atoms with E-state index in [0.717, 1.165) is 17.7 Å². The van der Waals surface area contributed by atoms with Gasteiger partial charge >= 0.3 is 0 Å². The number of nitrogens with zero attached hydrogens (tertiary/aromatic N) is 1. The minimum Gasteiger partial charge on any atom is -0.508 e. The second-order valence-electron chi connectivity index (χ2n) is 9.97. The molecular weight excluding hydrogens is 496 g/mol. The number of hydrogen-bond acceptors (Lipinski definition) is 4. The topological polar surface area (TPSA) is 61.8 Å². The predicted octanol–water partition coefficient (Wildman–Crippen LogP) is 9.63. The van der Waals surface area contributed by atoms with Crippen molar-refractivity contribution in [3.8, 4) is 17.2 Å². The van der Waals surface area contributed by atoms with Crippen LogP contribution in [0.1, 0.15) is 87.9 Å². The second-order valence-corrected chi connectivity index (χ2v) is 9.97. The molecule has 40 heavy (non-hydrogen) atoms. The summed E-state index contributed by atoms with van der Waals surface area (Å²) in [6, 6.07) is 18.1. The molecule has 3 aromatic rings. The molecule has 3 aromatic carbocycles. The Balaban J connectivity index is 0.000000775. The van der Waals surface area contributed by atoms with E-state index < -0.39 is 0 Å². The van der Waals surface area contributed by atoms with Gasteiger partial charge in [0.15, 0.2) is 0 Å². The van der Waals surface area contributed by atoms with Crippen molar-refractivity contribution < 1.29 is 14.6 Å². The number of carbonyl (C=O) groups excluding carboxylic acids is 1. The highest BCUT2D eigenvalue weighted by Gasteiger charge is 2.10. The molecule has 0 aromatic heterocycles. The average Bonchev–Trinajstić information content (AvgIpc) is 2.95. The summed E-state index contributed by atoms with van der Waals surface area (Å²) >= 11 is 0. The molecule has 2 N–H and O–H groups in total. The Labute approximate surface area is 242 Å². The van der Waals surface area contributed by atoms with Crippen molar-refractivity contribution in [3.05, 3.63) is 88.5 Å². The van der Waals surface area contributed by atoms with Crippen molar-refractivity contribution in [2.75, 3.05) is 26.0 Å². The van der Waals surface area contributed by atoms with E-state index in [0.29, 0.717) is 17.0 Å². The minimum atomic E-state index is -0.247. The van der Waals surface area contributed by atoms with Crippen LogP contribution in [0.25, 0.3) is 5.57 Å². The maximum atomic E-state index is 12.5. The van der Waals surface area contributed by atoms with E-state index in [4.69, 9.17) is 4.74 Å². The lowest BCUT2D eigenvalue weighted by Crippen LogP contribution is -2.12. The number of benzene rings is 3. The first kappa shape index (κ1) is 34.5. The molecule has 3 rings (SSSR count). The number of phenolic OH excluding ortho intramolecular Hbond substituents is 1. The number of nitrogens with one attached hydrogen (secondary N) is 1. The third-order valence-corrected chi connectivity index (χ3v) is 6.56. The maximum absolute atomic E-state index is 12.5. The summed E-state index contributed by atoms with van der Waals surface area (Å²) in [5.74, 6) is 1.32. The Kier molecular flexibility index (Phi) is 15.4. The van der Waals surface area contributed by atoms with Crippen LogP contribution in [-0.2, 0) is 0 Å². The molecule has 0 atom stereocenters. The van der Waals surface area contributed by atoms with Gasteiger partial charge in [-0.05, 0) is 126 Å². The number of rotatable bonds is 9. The molecule has 1 amide bonds. The summed E-state index contributed by atoms with van der Waals surface area (Å²) in [6.07, 6.45) is 3.65. The maximum Gasteiger partial charge on any atom is 0.255 e. The third-order valence-electron chi connectivity index (χ3n) is 6.56. The van der Waals surface area contributed by atoms with Crippen LogP contribution in [0, 0.1) is 13.8 Å². The fourth-order valence-electron chi connectivity index (χ4n) is 3.74. The summed E-state index contributed by atoms with van der Waals surface area (Å²) in [5.41, 5.74) is 6.85. The molecular formula is C35H50N2O3. The molecule has 0 fully saturated rings. The van der Waals surface area contributed by atoms with E-state index in [9.17, 15) is 9.90 Å². The zero-order valence-electron chi connectivity index (χ0n) is 26.3. The molecule has 0 aliphatic carbocycles. The zero-order valence-corrected chi connectivity index (χ0v) is 26.3. The van der Waals surface area contributed by atoms with Gasteiger partial charge in [0.2, 0.25) is 0 Å². The van der Waals surface area contributed by atoms with E-state index in [-0.39, 0.29) is 11.7 Å². The summed E-state index contributed by atoms with van der Waals surface area (Å²) < 4.78 is 6.03. The van der Waals surface area contributed by atoms with Gasteiger partial charge in [0.05, 0.1) is 0 Å². The van der Waals surface area contributed by atoms with Crippen molar-refractivity contribution >= 4 is 17.2 Å². The van der Waals surface area contributed by atoms with Crippen LogP contribution in [0.5, 0.6) is 17.2 Å². The van der Waals surface area contributed by atoms with Gasteiger partial charge in [-0.2, -0.15) is 0 Å². The zero-order chi connectivity index (χ0) is 30.2. The number of anilines is 1. The standard InChI is InChI=1S/C27H29NO3.C6H15N.C2H6/c1-6-17(2)20(5)25-16-24(12-8-18(25)3)31-23-13-9-21(10-14-23)27(30)28-22-11-7-19(4)26(29)15-22;1-4-5-6-7(2)3;1-2/h7-16,29H,6H2,1-5H3,(H,28,30);4-6H2,1-3H3;1-2H3/b20-17-;;. The highest BCUT2D eigenvalue weighted by Crippen LogP contribution is 2.30. The Morgan fingerprint density at radius 3 is 2.00 bits per heavy atom. The molecule has 0 aliphatic heterocycles. The number of carbonyl (C=O) groups is 1. The summed E-state index contributed by atoms with van der Waals surface area (Å²) in [5, 5.41) is 12.6. The summed E-state index contributed by atoms with van der Waals surface area (Å²) in [6.45, 7) is 17.8. The number of phenols is 1. The molecule has 0 heterocycles. The third kappa shape index (κ3) is 11.3. The summed E-state index contributed by atoms with van der Waals surface area (Å²) in [7, 11) is 4.21. The molecule has 0 aliphatic rings. The first-order chi connectivity index (χ1) is 19.0. The summed E-state index contributed by atoms with van der Waals surface area (Å²) in [4.78, 5) is 14.7. The van der Waals surface area contributed by atoms with E-state index >= 15 is 0 Å². The molecule has 0 bridgehead atoms. The lowest BCUT2D eigenvalue weighted by molar-refractivity contribution is 0.102. The van der Waals surface area contributed by atoms with Gasteiger partial charge in [-0.15, -0.1) is 0 Å². The van der Waals surface area contributed by atoms with Gasteiger partial charge in [-0.25, -0.2) is 0 Å². The molecule has 0 radical (unpaired) electrons. The normalized spacial score (nSPS) is 11.0. The molecule has 5 heteroatoms. The monoisotopic (exact) mass is 546 g/mol. The van der Waals surface area contributed by atoms with Crippen LogP contribution < -0.4 is 10.1 Å². The van der Waals surface area contributed by atoms with Crippen molar-refractivity contribution in [1.82, 2.24) is 4.90 Å². The average molecular weight is 547 g/mol. The van der Waals surface area contributed by atoms with Crippen molar-refractivity contribution in [2.24, 2.45) is 0 Å². The Hall–Kier alpha value is -3.57. The number of aryl methyl sites for hydroxylation is 2. The van der Waals surface area contributed by atoms with Crippen molar-refractivity contribution in [1.29, 1.82) is 0 Å². The Morgan fingerprint density at radius 2 is 1.48 bits per heavy atom. The van der Waals surface area contributed by atoms with E-state index in [1.54, 1.807) is 43.3 Å². The molecule has 218 valence electrons. The smallest absolute Gasteiger partial charge is 0.255 e. The fourth-order valence-corrected chi connectivity index (χ4v) is 3.74. The number of ether oxygens (including phenoxy) is 1. The van der Waals surface area contributed by atoms with Gasteiger partial charge in [0.25, 0.3) is 5.91 Å². The number of allylic oxidation sites excluding steroid dienone is 2. The van der Waals surface area contributed by atoms with Crippen LogP contribution in [0.15, 0.2) is 66.2 Å². The Morgan fingerprint density at radius 1 is 0.875 bits per heavy atom. The Bertz CT molecular complexity index is 1230. The minimum absolute atomic E-state index is 0.151. The fraction of sp³-hybridized carbons (Fsp3) is 0.400. The number of hydrogen-bond donors (Lipinski definition) is 2. The van der Waals surface area contributed by atoms with Gasteiger partial charge < -0.3 is 20.1 Å². The second kappa shape index (κ2) is 17.9. The van der Waals surface area contributed by atoms with Gasteiger partial charge in [0.1, 0.15) is 17.2 Å². The lowest BCUT2D eigenvalue weighted by atomic mass is 9.96. The number of amides is 1. The first-order valence-corrected chi connectivity index (χ1v) is 14.4. The number of unbranched alkanes of at least 4 members (excludes halogenated alkanes) is 1.